The minimum absolute atomic E-state index is 0.119. The van der Waals surface area contributed by atoms with Gasteiger partial charge in [-0.1, -0.05) is 0 Å². The van der Waals surface area contributed by atoms with Gasteiger partial charge in [0.2, 0.25) is 0 Å². The van der Waals surface area contributed by atoms with Crippen molar-refractivity contribution in [1.82, 2.24) is 14.8 Å². The summed E-state index contributed by atoms with van der Waals surface area (Å²) >= 11 is 0. The fourth-order valence-electron chi connectivity index (χ4n) is 1.20. The predicted octanol–water partition coefficient (Wildman–Crippen LogP) is 0.778. The average molecular weight is 217 g/mol. The summed E-state index contributed by atoms with van der Waals surface area (Å²) in [6.45, 7) is 0. The second-order valence-electron chi connectivity index (χ2n) is 3.04. The second-order valence-corrected chi connectivity index (χ2v) is 3.04. The first-order chi connectivity index (χ1) is 7.70. The molecule has 6 nitrogen and oxygen atoms in total. The Hall–Kier alpha value is -2.50. The Balaban J connectivity index is 2.43. The summed E-state index contributed by atoms with van der Waals surface area (Å²) in [5, 5.41) is 12.7. The van der Waals surface area contributed by atoms with Crippen molar-refractivity contribution in [1.29, 1.82) is 0 Å². The number of hydrogen-bond donors (Lipinski definition) is 1. The fraction of sp³-hybridized carbons (Fsp3) is 0. The topological polar surface area (TPSA) is 85.1 Å². The maximum Gasteiger partial charge on any atom is 0.335 e. The molecule has 2 rings (SSSR count). The van der Waals surface area contributed by atoms with Crippen molar-refractivity contribution in [3.8, 4) is 5.82 Å². The van der Waals surface area contributed by atoms with Crippen LogP contribution in [0, 0.1) is 0 Å². The Labute approximate surface area is 90.2 Å². The van der Waals surface area contributed by atoms with Crippen molar-refractivity contribution in [3.05, 3.63) is 41.9 Å². The Morgan fingerprint density at radius 1 is 1.50 bits per heavy atom. The largest absolute Gasteiger partial charge is 0.478 e. The maximum absolute atomic E-state index is 10.7. The van der Waals surface area contributed by atoms with Crippen LogP contribution in [0.15, 0.2) is 30.7 Å². The van der Waals surface area contributed by atoms with E-state index in [0.717, 1.165) is 0 Å². The molecular formula is C10H7N3O3. The third-order valence-electron chi connectivity index (χ3n) is 1.97. The SMILES string of the molecule is O=Cc1cnn(-c2cc(C(=O)O)ccn2)c1. The van der Waals surface area contributed by atoms with E-state index in [-0.39, 0.29) is 5.56 Å². The zero-order chi connectivity index (χ0) is 11.5. The van der Waals surface area contributed by atoms with E-state index in [0.29, 0.717) is 17.7 Å². The van der Waals surface area contributed by atoms with Gasteiger partial charge in [0, 0.05) is 12.4 Å². The normalized spacial score (nSPS) is 10.0. The zero-order valence-electron chi connectivity index (χ0n) is 8.07. The van der Waals surface area contributed by atoms with Gasteiger partial charge in [-0.3, -0.25) is 4.79 Å². The van der Waals surface area contributed by atoms with Crippen LogP contribution >= 0.6 is 0 Å². The van der Waals surface area contributed by atoms with E-state index in [1.54, 1.807) is 0 Å². The molecule has 0 bridgehead atoms. The first kappa shape index (κ1) is 10.0. The molecule has 0 atom stereocenters. The molecule has 0 aliphatic rings. The predicted molar refractivity (Wildman–Crippen MR) is 53.7 cm³/mol. The summed E-state index contributed by atoms with van der Waals surface area (Å²) < 4.78 is 1.34. The number of aromatic nitrogens is 3. The van der Waals surface area contributed by atoms with Gasteiger partial charge in [0.25, 0.3) is 0 Å². The summed E-state index contributed by atoms with van der Waals surface area (Å²) in [6, 6.07) is 2.76. The van der Waals surface area contributed by atoms with E-state index in [1.165, 1.54) is 35.4 Å². The molecule has 0 unspecified atom stereocenters. The van der Waals surface area contributed by atoms with E-state index in [4.69, 9.17) is 5.11 Å². The molecule has 0 radical (unpaired) electrons. The lowest BCUT2D eigenvalue weighted by molar-refractivity contribution is 0.0696. The Kier molecular flexibility index (Phi) is 2.47. The van der Waals surface area contributed by atoms with Crippen LogP contribution in [0.5, 0.6) is 0 Å². The highest BCUT2D eigenvalue weighted by molar-refractivity contribution is 5.87. The molecule has 0 fully saturated rings. The molecule has 0 saturated carbocycles. The minimum Gasteiger partial charge on any atom is -0.478 e. The second kappa shape index (κ2) is 3.93. The van der Waals surface area contributed by atoms with Gasteiger partial charge in [0.05, 0.1) is 17.3 Å². The number of carboxylic acid groups (broad SMARTS) is 1. The summed E-state index contributed by atoms with van der Waals surface area (Å²) in [5.74, 6) is -0.681. The van der Waals surface area contributed by atoms with Gasteiger partial charge in [-0.25, -0.2) is 14.5 Å². The van der Waals surface area contributed by atoms with Crippen LogP contribution in [0.4, 0.5) is 0 Å². The summed E-state index contributed by atoms with van der Waals surface area (Å²) in [4.78, 5) is 25.2. The fourth-order valence-corrected chi connectivity index (χ4v) is 1.20. The van der Waals surface area contributed by atoms with Crippen LogP contribution in [0.3, 0.4) is 0 Å². The lowest BCUT2D eigenvalue weighted by Crippen LogP contribution is -2.02. The first-order valence-corrected chi connectivity index (χ1v) is 4.40. The minimum atomic E-state index is -1.04. The number of hydrogen-bond acceptors (Lipinski definition) is 4. The summed E-state index contributed by atoms with van der Waals surface area (Å²) in [7, 11) is 0. The molecular weight excluding hydrogens is 210 g/mol. The highest BCUT2D eigenvalue weighted by Gasteiger charge is 2.06. The number of aromatic carboxylic acids is 1. The molecule has 6 heteroatoms. The molecule has 16 heavy (non-hydrogen) atoms. The summed E-state index contributed by atoms with van der Waals surface area (Å²) in [5.41, 5.74) is 0.524. The van der Waals surface area contributed by atoms with Crippen molar-refractivity contribution in [3.63, 3.8) is 0 Å². The maximum atomic E-state index is 10.7. The van der Waals surface area contributed by atoms with E-state index < -0.39 is 5.97 Å². The molecule has 0 aliphatic heterocycles. The quantitative estimate of drug-likeness (QED) is 0.768. The van der Waals surface area contributed by atoms with Crippen LogP contribution in [0.1, 0.15) is 20.7 Å². The van der Waals surface area contributed by atoms with Crippen molar-refractivity contribution in [2.45, 2.75) is 0 Å². The number of pyridine rings is 1. The van der Waals surface area contributed by atoms with E-state index in [2.05, 4.69) is 10.1 Å². The van der Waals surface area contributed by atoms with E-state index in [1.807, 2.05) is 0 Å². The van der Waals surface area contributed by atoms with Crippen molar-refractivity contribution >= 4 is 12.3 Å². The van der Waals surface area contributed by atoms with Crippen LogP contribution < -0.4 is 0 Å². The van der Waals surface area contributed by atoms with Gasteiger partial charge in [0.15, 0.2) is 12.1 Å². The molecule has 1 N–H and O–H groups in total. The molecule has 2 aromatic rings. The third-order valence-corrected chi connectivity index (χ3v) is 1.97. The molecule has 2 aromatic heterocycles. The lowest BCUT2D eigenvalue weighted by atomic mass is 10.2. The molecule has 0 amide bonds. The first-order valence-electron chi connectivity index (χ1n) is 4.40. The molecule has 0 aliphatic carbocycles. The highest BCUT2D eigenvalue weighted by atomic mass is 16.4. The zero-order valence-corrected chi connectivity index (χ0v) is 8.07. The molecule has 80 valence electrons. The van der Waals surface area contributed by atoms with Crippen molar-refractivity contribution in [2.24, 2.45) is 0 Å². The van der Waals surface area contributed by atoms with E-state index >= 15 is 0 Å². The van der Waals surface area contributed by atoms with Gasteiger partial charge in [-0.2, -0.15) is 5.10 Å². The smallest absolute Gasteiger partial charge is 0.335 e. The van der Waals surface area contributed by atoms with Crippen LogP contribution in [0.25, 0.3) is 5.82 Å². The third kappa shape index (κ3) is 1.81. The monoisotopic (exact) mass is 217 g/mol. The Morgan fingerprint density at radius 3 is 2.94 bits per heavy atom. The van der Waals surface area contributed by atoms with Gasteiger partial charge in [-0.05, 0) is 12.1 Å². The van der Waals surface area contributed by atoms with Gasteiger partial charge >= 0.3 is 5.97 Å². The van der Waals surface area contributed by atoms with Crippen molar-refractivity contribution < 1.29 is 14.7 Å². The number of carbonyl (C=O) groups excluding carboxylic acids is 1. The highest BCUT2D eigenvalue weighted by Crippen LogP contribution is 2.07. The Bertz CT molecular complexity index is 548. The number of rotatable bonds is 3. The van der Waals surface area contributed by atoms with E-state index in [9.17, 15) is 9.59 Å². The lowest BCUT2D eigenvalue weighted by Gasteiger charge is -2.00. The van der Waals surface area contributed by atoms with Crippen molar-refractivity contribution in [2.75, 3.05) is 0 Å². The molecule has 2 heterocycles. The van der Waals surface area contributed by atoms with Crippen LogP contribution in [-0.2, 0) is 0 Å². The van der Waals surface area contributed by atoms with Gasteiger partial charge in [0.1, 0.15) is 0 Å². The number of aldehydes is 1. The summed E-state index contributed by atoms with van der Waals surface area (Å²) in [6.07, 6.45) is 4.88. The standard InChI is InChI=1S/C10H7N3O3/c14-6-7-4-12-13(5-7)9-3-8(10(15)16)1-2-11-9/h1-6H,(H,15,16). The van der Waals surface area contributed by atoms with Crippen LogP contribution in [-0.4, -0.2) is 32.1 Å². The van der Waals surface area contributed by atoms with Gasteiger partial charge in [-0.15, -0.1) is 0 Å². The number of carboxylic acids is 1. The molecule has 0 saturated heterocycles. The Morgan fingerprint density at radius 2 is 2.31 bits per heavy atom. The van der Waals surface area contributed by atoms with Gasteiger partial charge < -0.3 is 5.11 Å². The molecule has 0 aromatic carbocycles. The van der Waals surface area contributed by atoms with Crippen LogP contribution in [0.2, 0.25) is 0 Å². The number of nitrogens with zero attached hydrogens (tertiary/aromatic N) is 3. The number of carbonyl (C=O) groups is 2. The average Bonchev–Trinajstić information content (AvgIpc) is 2.77. The molecule has 0 spiro atoms.